The molecule has 0 saturated heterocycles. The van der Waals surface area contributed by atoms with Gasteiger partial charge in [-0.2, -0.15) is 0 Å². The van der Waals surface area contributed by atoms with Crippen molar-refractivity contribution in [1.82, 2.24) is 20.9 Å². The molecular weight excluding hydrogens is 533 g/mol. The largest absolute Gasteiger partial charge is 0.473 e. The number of carbonyl (C=O) groups is 1. The van der Waals surface area contributed by atoms with Crippen molar-refractivity contribution in [2.75, 3.05) is 13.6 Å². The fourth-order valence-corrected chi connectivity index (χ4v) is 2.71. The molecule has 0 bridgehead atoms. The molecular formula is C24H36IN5O3. The van der Waals surface area contributed by atoms with Crippen LogP contribution in [0.2, 0.25) is 0 Å². The Morgan fingerprint density at radius 1 is 1.03 bits per heavy atom. The Kier molecular flexibility index (Phi) is 11.4. The number of carbonyl (C=O) groups excluding carboxylic acids is 1. The predicted molar refractivity (Wildman–Crippen MR) is 142 cm³/mol. The summed E-state index contributed by atoms with van der Waals surface area (Å²) in [7, 11) is 1.70. The van der Waals surface area contributed by atoms with Crippen molar-refractivity contribution in [3.8, 4) is 5.88 Å². The fraction of sp³-hybridized carbons (Fsp3) is 0.458. The van der Waals surface area contributed by atoms with Gasteiger partial charge in [-0.15, -0.1) is 24.0 Å². The summed E-state index contributed by atoms with van der Waals surface area (Å²) in [5, 5.41) is 9.36. The molecule has 1 aromatic heterocycles. The highest BCUT2D eigenvalue weighted by molar-refractivity contribution is 14.0. The van der Waals surface area contributed by atoms with E-state index in [1.807, 2.05) is 77.1 Å². The van der Waals surface area contributed by atoms with Gasteiger partial charge in [-0.3, -0.25) is 4.99 Å². The van der Waals surface area contributed by atoms with Crippen LogP contribution in [0.3, 0.4) is 0 Å². The first-order chi connectivity index (χ1) is 15.1. The lowest BCUT2D eigenvalue weighted by atomic mass is 10.1. The van der Waals surface area contributed by atoms with Gasteiger partial charge in [-0.25, -0.2) is 9.78 Å². The third-order valence-electron chi connectivity index (χ3n) is 4.25. The molecule has 0 aliphatic heterocycles. The summed E-state index contributed by atoms with van der Waals surface area (Å²) in [4.78, 5) is 20.6. The van der Waals surface area contributed by atoms with E-state index in [2.05, 4.69) is 25.9 Å². The van der Waals surface area contributed by atoms with Crippen molar-refractivity contribution in [2.24, 2.45) is 4.99 Å². The van der Waals surface area contributed by atoms with Gasteiger partial charge in [0.25, 0.3) is 0 Å². The number of pyridine rings is 1. The lowest BCUT2D eigenvalue weighted by molar-refractivity contribution is 0.0474. The number of aromatic nitrogens is 1. The maximum atomic E-state index is 12.1. The first kappa shape index (κ1) is 28.5. The number of hydrogen-bond donors (Lipinski definition) is 3. The minimum atomic E-state index is -0.542. The molecule has 2 rings (SSSR count). The van der Waals surface area contributed by atoms with Gasteiger partial charge in [0.05, 0.1) is 5.54 Å². The number of ether oxygens (including phenoxy) is 2. The average molecular weight is 569 g/mol. The molecule has 9 heteroatoms. The second-order valence-electron chi connectivity index (χ2n) is 9.07. The summed E-state index contributed by atoms with van der Waals surface area (Å²) < 4.78 is 11.1. The van der Waals surface area contributed by atoms with Crippen molar-refractivity contribution in [3.63, 3.8) is 0 Å². The Hall–Kier alpha value is -2.56. The smallest absolute Gasteiger partial charge is 0.408 e. The second kappa shape index (κ2) is 13.2. The maximum absolute atomic E-state index is 12.1. The topological polar surface area (TPSA) is 96.9 Å². The van der Waals surface area contributed by atoms with E-state index in [9.17, 15) is 4.79 Å². The Bertz CT molecular complexity index is 898. The Balaban J connectivity index is 0.00000544. The van der Waals surface area contributed by atoms with Crippen molar-refractivity contribution >= 4 is 36.0 Å². The van der Waals surface area contributed by atoms with E-state index >= 15 is 0 Å². The average Bonchev–Trinajstić information content (AvgIpc) is 2.71. The van der Waals surface area contributed by atoms with Crippen LogP contribution in [-0.4, -0.2) is 41.8 Å². The summed E-state index contributed by atoms with van der Waals surface area (Å²) in [6.07, 6.45) is 1.27. The minimum absolute atomic E-state index is 0. The van der Waals surface area contributed by atoms with Crippen LogP contribution in [0.1, 0.15) is 45.7 Å². The maximum Gasteiger partial charge on any atom is 0.408 e. The number of halogens is 1. The van der Waals surface area contributed by atoms with E-state index in [1.54, 1.807) is 13.2 Å². The molecule has 33 heavy (non-hydrogen) atoms. The van der Waals surface area contributed by atoms with Crippen molar-refractivity contribution < 1.29 is 14.3 Å². The molecule has 0 saturated carbocycles. The van der Waals surface area contributed by atoms with E-state index in [0.29, 0.717) is 31.5 Å². The molecule has 0 spiro atoms. The van der Waals surface area contributed by atoms with Gasteiger partial charge < -0.3 is 25.4 Å². The van der Waals surface area contributed by atoms with Crippen LogP contribution < -0.4 is 20.7 Å². The monoisotopic (exact) mass is 569 g/mol. The van der Waals surface area contributed by atoms with Gasteiger partial charge in [-0.05, 0) is 51.8 Å². The molecule has 1 amide bonds. The second-order valence-corrected chi connectivity index (χ2v) is 9.07. The minimum Gasteiger partial charge on any atom is -0.473 e. The summed E-state index contributed by atoms with van der Waals surface area (Å²) in [5.41, 5.74) is 1.02. The molecule has 0 atom stereocenters. The van der Waals surface area contributed by atoms with Gasteiger partial charge in [-0.1, -0.05) is 30.3 Å². The van der Waals surface area contributed by atoms with Gasteiger partial charge in [0.2, 0.25) is 5.88 Å². The molecule has 0 aliphatic carbocycles. The molecule has 8 nitrogen and oxygen atoms in total. The zero-order valence-electron chi connectivity index (χ0n) is 20.3. The van der Waals surface area contributed by atoms with E-state index in [0.717, 1.165) is 11.1 Å². The van der Waals surface area contributed by atoms with Crippen LogP contribution in [0, 0.1) is 0 Å². The number of rotatable bonds is 8. The highest BCUT2D eigenvalue weighted by Crippen LogP contribution is 2.12. The number of nitrogens with zero attached hydrogens (tertiary/aromatic N) is 2. The molecule has 182 valence electrons. The number of aliphatic imine (C=N–C) groups is 1. The number of hydrogen-bond acceptors (Lipinski definition) is 5. The molecule has 1 aromatic carbocycles. The number of guanidine groups is 1. The summed E-state index contributed by atoms with van der Waals surface area (Å²) >= 11 is 0. The van der Waals surface area contributed by atoms with Crippen LogP contribution in [0.5, 0.6) is 5.88 Å². The SMILES string of the molecule is CN=C(NCc1ccnc(OCc2ccccc2)c1)NCC(C)(C)NC(=O)OC(C)(C)C.I. The van der Waals surface area contributed by atoms with Crippen molar-refractivity contribution in [1.29, 1.82) is 0 Å². The van der Waals surface area contributed by atoms with Crippen LogP contribution >= 0.6 is 24.0 Å². The van der Waals surface area contributed by atoms with Gasteiger partial charge in [0.1, 0.15) is 12.2 Å². The Morgan fingerprint density at radius 2 is 1.73 bits per heavy atom. The fourth-order valence-electron chi connectivity index (χ4n) is 2.71. The molecule has 2 aromatic rings. The number of amides is 1. The highest BCUT2D eigenvalue weighted by atomic mass is 127. The zero-order valence-corrected chi connectivity index (χ0v) is 22.6. The lowest BCUT2D eigenvalue weighted by Crippen LogP contribution is -2.54. The van der Waals surface area contributed by atoms with Crippen LogP contribution in [-0.2, 0) is 17.9 Å². The van der Waals surface area contributed by atoms with Crippen molar-refractivity contribution in [2.45, 2.75) is 58.9 Å². The first-order valence-corrected chi connectivity index (χ1v) is 10.6. The van der Waals surface area contributed by atoms with Gasteiger partial charge in [0, 0.05) is 32.4 Å². The number of benzene rings is 1. The Morgan fingerprint density at radius 3 is 2.36 bits per heavy atom. The van der Waals surface area contributed by atoms with Crippen molar-refractivity contribution in [3.05, 3.63) is 59.8 Å². The molecule has 3 N–H and O–H groups in total. The zero-order chi connectivity index (χ0) is 23.6. The molecule has 0 radical (unpaired) electrons. The molecule has 0 aliphatic rings. The van der Waals surface area contributed by atoms with Gasteiger partial charge >= 0.3 is 6.09 Å². The van der Waals surface area contributed by atoms with E-state index in [4.69, 9.17) is 9.47 Å². The standard InChI is InChI=1S/C24H35N5O3.HI/c1-23(2,3)32-22(30)29-24(4,5)17-28-21(25-6)27-15-19-12-13-26-20(14-19)31-16-18-10-8-7-9-11-18;/h7-14H,15-17H2,1-6H3,(H,29,30)(H2,25,27,28);1H. The number of alkyl carbamates (subject to hydrolysis) is 1. The predicted octanol–water partition coefficient (Wildman–Crippen LogP) is 4.25. The van der Waals surface area contributed by atoms with Crippen LogP contribution in [0.4, 0.5) is 4.79 Å². The van der Waals surface area contributed by atoms with Crippen LogP contribution in [0.15, 0.2) is 53.7 Å². The third kappa shape index (κ3) is 11.7. The highest BCUT2D eigenvalue weighted by Gasteiger charge is 2.24. The van der Waals surface area contributed by atoms with E-state index in [1.165, 1.54) is 0 Å². The molecule has 1 heterocycles. The lowest BCUT2D eigenvalue weighted by Gasteiger charge is -2.29. The third-order valence-corrected chi connectivity index (χ3v) is 4.25. The quantitative estimate of drug-likeness (QED) is 0.250. The summed E-state index contributed by atoms with van der Waals surface area (Å²) in [6, 6.07) is 13.8. The summed E-state index contributed by atoms with van der Waals surface area (Å²) in [5.74, 6) is 1.19. The van der Waals surface area contributed by atoms with E-state index in [-0.39, 0.29) is 24.0 Å². The Labute approximate surface area is 214 Å². The van der Waals surface area contributed by atoms with E-state index < -0.39 is 17.2 Å². The van der Waals surface area contributed by atoms with Gasteiger partial charge in [0.15, 0.2) is 5.96 Å². The molecule has 0 fully saturated rings. The van der Waals surface area contributed by atoms with Crippen LogP contribution in [0.25, 0.3) is 0 Å². The first-order valence-electron chi connectivity index (χ1n) is 10.6. The molecule has 0 unspecified atom stereocenters. The number of nitrogens with one attached hydrogen (secondary N) is 3. The summed E-state index contributed by atoms with van der Waals surface area (Å²) in [6.45, 7) is 10.8. The normalized spacial score (nSPS) is 11.8.